The molecule has 1 saturated heterocycles. The molecule has 0 unspecified atom stereocenters. The summed E-state index contributed by atoms with van der Waals surface area (Å²) in [6, 6.07) is 0. The van der Waals surface area contributed by atoms with Crippen LogP contribution >= 0.6 is 11.3 Å². The summed E-state index contributed by atoms with van der Waals surface area (Å²) in [6.07, 6.45) is 6.80. The van der Waals surface area contributed by atoms with Gasteiger partial charge in [-0.05, 0) is 18.3 Å². The Labute approximate surface area is 102 Å². The van der Waals surface area contributed by atoms with Crippen LogP contribution in [0.3, 0.4) is 0 Å². The Balaban J connectivity index is 1.79. The van der Waals surface area contributed by atoms with Gasteiger partial charge in [-0.15, -0.1) is 11.3 Å². The van der Waals surface area contributed by atoms with Crippen molar-refractivity contribution in [3.05, 3.63) is 23.7 Å². The van der Waals surface area contributed by atoms with E-state index in [-0.39, 0.29) is 35.5 Å². The number of anilines is 1. The van der Waals surface area contributed by atoms with E-state index in [1.807, 2.05) is 0 Å². The highest BCUT2D eigenvalue weighted by Gasteiger charge is 2.60. The monoisotopic (exact) mass is 246 g/mol. The van der Waals surface area contributed by atoms with Gasteiger partial charge in [0, 0.05) is 11.6 Å². The molecule has 0 N–H and O–H groups in total. The summed E-state index contributed by atoms with van der Waals surface area (Å²) in [4.78, 5) is 30.0. The second kappa shape index (κ2) is 3.04. The van der Waals surface area contributed by atoms with Crippen LogP contribution in [-0.4, -0.2) is 16.8 Å². The van der Waals surface area contributed by atoms with Crippen LogP contribution in [0.4, 0.5) is 5.13 Å². The zero-order chi connectivity index (χ0) is 11.6. The highest BCUT2D eigenvalue weighted by Crippen LogP contribution is 2.53. The van der Waals surface area contributed by atoms with Crippen molar-refractivity contribution in [1.82, 2.24) is 4.98 Å². The van der Waals surface area contributed by atoms with Crippen molar-refractivity contribution in [3.63, 3.8) is 0 Å². The van der Waals surface area contributed by atoms with Gasteiger partial charge in [0.1, 0.15) is 0 Å². The van der Waals surface area contributed by atoms with Gasteiger partial charge in [-0.3, -0.25) is 9.59 Å². The smallest absolute Gasteiger partial charge is 0.240 e. The molecular weight excluding hydrogens is 236 g/mol. The Morgan fingerprint density at radius 2 is 1.82 bits per heavy atom. The summed E-state index contributed by atoms with van der Waals surface area (Å²) in [5.41, 5.74) is 0. The van der Waals surface area contributed by atoms with Crippen LogP contribution in [0.2, 0.25) is 0 Å². The van der Waals surface area contributed by atoms with E-state index >= 15 is 0 Å². The molecule has 1 aromatic rings. The van der Waals surface area contributed by atoms with Gasteiger partial charge in [0.2, 0.25) is 11.8 Å². The molecule has 0 aromatic carbocycles. The number of carbonyl (C=O) groups is 2. The van der Waals surface area contributed by atoms with Crippen LogP contribution in [0.5, 0.6) is 0 Å². The molecule has 5 heteroatoms. The first-order valence-electron chi connectivity index (χ1n) is 5.73. The Morgan fingerprint density at radius 1 is 1.18 bits per heavy atom. The van der Waals surface area contributed by atoms with Crippen molar-refractivity contribution in [2.75, 3.05) is 4.90 Å². The molecule has 4 atom stereocenters. The minimum atomic E-state index is -0.124. The van der Waals surface area contributed by atoms with Gasteiger partial charge < -0.3 is 0 Å². The summed E-state index contributed by atoms with van der Waals surface area (Å²) in [5, 5.41) is 2.31. The Morgan fingerprint density at radius 3 is 2.35 bits per heavy atom. The van der Waals surface area contributed by atoms with Gasteiger partial charge in [-0.1, -0.05) is 12.2 Å². The molecule has 2 bridgehead atoms. The number of carbonyl (C=O) groups excluding carboxylic acids is 2. The van der Waals surface area contributed by atoms with Crippen molar-refractivity contribution >= 4 is 28.3 Å². The Kier molecular flexibility index (Phi) is 1.71. The third-order valence-electron chi connectivity index (χ3n) is 4.08. The highest BCUT2D eigenvalue weighted by atomic mass is 32.1. The normalized spacial score (nSPS) is 38.2. The quantitative estimate of drug-likeness (QED) is 0.556. The van der Waals surface area contributed by atoms with E-state index in [1.165, 1.54) is 16.2 Å². The van der Waals surface area contributed by atoms with E-state index in [9.17, 15) is 9.59 Å². The lowest BCUT2D eigenvalue weighted by Gasteiger charge is -2.14. The maximum absolute atomic E-state index is 12.3. The molecule has 86 valence electrons. The van der Waals surface area contributed by atoms with Crippen molar-refractivity contribution in [2.24, 2.45) is 23.7 Å². The lowest BCUT2D eigenvalue weighted by atomic mass is 9.85. The zero-order valence-corrected chi connectivity index (χ0v) is 9.76. The molecule has 2 heterocycles. The summed E-state index contributed by atoms with van der Waals surface area (Å²) in [7, 11) is 0. The minimum absolute atomic E-state index is 0.0493. The van der Waals surface area contributed by atoms with E-state index in [1.54, 1.807) is 11.6 Å². The van der Waals surface area contributed by atoms with E-state index in [0.717, 1.165) is 6.42 Å². The predicted octanol–water partition coefficient (Wildman–Crippen LogP) is 1.45. The van der Waals surface area contributed by atoms with Crippen molar-refractivity contribution < 1.29 is 9.59 Å². The highest BCUT2D eigenvalue weighted by molar-refractivity contribution is 7.14. The number of imide groups is 1. The lowest BCUT2D eigenvalue weighted by Crippen LogP contribution is -2.32. The molecule has 2 fully saturated rings. The van der Waals surface area contributed by atoms with Crippen LogP contribution in [0.15, 0.2) is 23.7 Å². The molecule has 2 amide bonds. The molecule has 17 heavy (non-hydrogen) atoms. The minimum Gasteiger partial charge on any atom is -0.274 e. The fourth-order valence-electron chi connectivity index (χ4n) is 3.42. The average molecular weight is 246 g/mol. The fourth-order valence-corrected chi connectivity index (χ4v) is 4.07. The number of hydrogen-bond acceptors (Lipinski definition) is 4. The summed E-state index contributed by atoms with van der Waals surface area (Å²) in [5.74, 6) is 0.194. The molecule has 1 saturated carbocycles. The van der Waals surface area contributed by atoms with Gasteiger partial charge in [-0.2, -0.15) is 0 Å². The van der Waals surface area contributed by atoms with Crippen molar-refractivity contribution in [1.29, 1.82) is 0 Å². The molecular formula is C12H10N2O2S. The Hall–Kier alpha value is -1.49. The number of nitrogens with zero attached hydrogens (tertiary/aromatic N) is 2. The number of rotatable bonds is 1. The number of aromatic nitrogens is 1. The number of amides is 2. The summed E-state index contributed by atoms with van der Waals surface area (Å²) in [6.45, 7) is 0. The first kappa shape index (κ1) is 9.53. The number of hydrogen-bond donors (Lipinski definition) is 0. The average Bonchev–Trinajstić information content (AvgIpc) is 3.03. The third kappa shape index (κ3) is 1.05. The standard InChI is InChI=1S/C12H10N2O2S/c15-10-8-6-1-2-7(5-6)9(8)11(16)14(10)12-13-3-4-17-12/h1-4,6-9H,5H2/t6-,7+,8-,9-/m0/s1. The molecule has 3 aliphatic rings. The summed E-state index contributed by atoms with van der Waals surface area (Å²) < 4.78 is 0. The van der Waals surface area contributed by atoms with Crippen molar-refractivity contribution in [3.8, 4) is 0 Å². The lowest BCUT2D eigenvalue weighted by molar-refractivity contribution is -0.123. The first-order valence-corrected chi connectivity index (χ1v) is 6.61. The van der Waals surface area contributed by atoms with Gasteiger partial charge in [0.25, 0.3) is 0 Å². The molecule has 1 aliphatic heterocycles. The van der Waals surface area contributed by atoms with Crippen LogP contribution in [0, 0.1) is 23.7 Å². The molecule has 4 rings (SSSR count). The van der Waals surface area contributed by atoms with Crippen LogP contribution in [-0.2, 0) is 9.59 Å². The maximum Gasteiger partial charge on any atom is 0.240 e. The van der Waals surface area contributed by atoms with Crippen molar-refractivity contribution in [2.45, 2.75) is 6.42 Å². The van der Waals surface area contributed by atoms with Gasteiger partial charge in [0.05, 0.1) is 11.8 Å². The molecule has 1 aromatic heterocycles. The molecule has 0 radical (unpaired) electrons. The van der Waals surface area contributed by atoms with E-state index < -0.39 is 0 Å². The molecule has 2 aliphatic carbocycles. The van der Waals surface area contributed by atoms with Gasteiger partial charge >= 0.3 is 0 Å². The SMILES string of the molecule is O=C1[C@@H]2[C@@H](C(=O)N1c1nccs1)[C@H]1C=C[C@@H]2C1. The van der Waals surface area contributed by atoms with Crippen LogP contribution < -0.4 is 4.90 Å². The second-order valence-corrected chi connectivity index (χ2v) is 5.70. The van der Waals surface area contributed by atoms with Gasteiger partial charge in [-0.25, -0.2) is 9.88 Å². The van der Waals surface area contributed by atoms with Gasteiger partial charge in [0.15, 0.2) is 5.13 Å². The first-order chi connectivity index (χ1) is 8.27. The van der Waals surface area contributed by atoms with Crippen LogP contribution in [0.1, 0.15) is 6.42 Å². The molecule has 0 spiro atoms. The molecule has 4 nitrogen and oxygen atoms in total. The maximum atomic E-state index is 12.3. The largest absolute Gasteiger partial charge is 0.274 e. The zero-order valence-electron chi connectivity index (χ0n) is 8.95. The fraction of sp³-hybridized carbons (Fsp3) is 0.417. The van der Waals surface area contributed by atoms with Crippen LogP contribution in [0.25, 0.3) is 0 Å². The predicted molar refractivity (Wildman–Crippen MR) is 62.3 cm³/mol. The number of thiazole rings is 1. The Bertz CT molecular complexity index is 507. The summed E-state index contributed by atoms with van der Waals surface area (Å²) >= 11 is 1.34. The van der Waals surface area contributed by atoms with E-state index in [0.29, 0.717) is 5.13 Å². The number of fused-ring (bicyclic) bond motifs is 5. The second-order valence-electron chi connectivity index (χ2n) is 4.83. The topological polar surface area (TPSA) is 50.3 Å². The number of allylic oxidation sites excluding steroid dienone is 2. The third-order valence-corrected chi connectivity index (χ3v) is 4.84. The van der Waals surface area contributed by atoms with E-state index in [4.69, 9.17) is 0 Å². The van der Waals surface area contributed by atoms with E-state index in [2.05, 4.69) is 17.1 Å².